The maximum Gasteiger partial charge on any atom is 0.176 e. The number of hydrogen-bond donors (Lipinski definition) is 0. The average molecular weight is 285 g/mol. The van der Waals surface area contributed by atoms with Crippen LogP contribution in [0.2, 0.25) is 0 Å². The van der Waals surface area contributed by atoms with E-state index in [0.29, 0.717) is 12.0 Å². The molecule has 0 bridgehead atoms. The number of anilines is 1. The summed E-state index contributed by atoms with van der Waals surface area (Å²) in [6, 6.07) is 6.71. The van der Waals surface area contributed by atoms with E-state index in [1.54, 1.807) is 0 Å². The SMILES string of the molecule is Cc1cc(C)n(-c2ccc(N3CCC[C@H]3C(C)C)nn2)n1. The van der Waals surface area contributed by atoms with E-state index in [4.69, 9.17) is 0 Å². The molecule has 0 amide bonds. The molecule has 0 aromatic carbocycles. The molecular weight excluding hydrogens is 262 g/mol. The van der Waals surface area contributed by atoms with Crippen LogP contribution in [-0.4, -0.2) is 32.6 Å². The molecule has 5 nitrogen and oxygen atoms in total. The van der Waals surface area contributed by atoms with Crippen molar-refractivity contribution in [3.05, 3.63) is 29.6 Å². The average Bonchev–Trinajstić information content (AvgIpc) is 3.05. The van der Waals surface area contributed by atoms with Gasteiger partial charge in [-0.1, -0.05) is 13.8 Å². The molecule has 1 atom stereocenters. The standard InChI is InChI=1S/C16H23N5/c1-11(2)14-6-5-9-20(14)15-7-8-16(18-17-15)21-13(4)10-12(3)19-21/h7-8,10-11,14H,5-6,9H2,1-4H3/t14-/m0/s1. The Labute approximate surface area is 126 Å². The van der Waals surface area contributed by atoms with E-state index in [1.807, 2.05) is 30.7 Å². The third kappa shape index (κ3) is 2.64. The molecule has 0 N–H and O–H groups in total. The molecule has 5 heteroatoms. The summed E-state index contributed by atoms with van der Waals surface area (Å²) in [7, 11) is 0. The van der Waals surface area contributed by atoms with Crippen LogP contribution in [-0.2, 0) is 0 Å². The number of aromatic nitrogens is 4. The van der Waals surface area contributed by atoms with E-state index in [2.05, 4.69) is 40.1 Å². The second-order valence-electron chi connectivity index (χ2n) is 6.24. The molecule has 2 aromatic rings. The van der Waals surface area contributed by atoms with E-state index in [-0.39, 0.29) is 0 Å². The normalized spacial score (nSPS) is 18.7. The quantitative estimate of drug-likeness (QED) is 0.870. The number of hydrogen-bond acceptors (Lipinski definition) is 4. The Morgan fingerprint density at radius 2 is 1.86 bits per heavy atom. The minimum Gasteiger partial charge on any atom is -0.352 e. The fraction of sp³-hybridized carbons (Fsp3) is 0.562. The molecule has 112 valence electrons. The largest absolute Gasteiger partial charge is 0.352 e. The van der Waals surface area contributed by atoms with Crippen molar-refractivity contribution in [3.8, 4) is 5.82 Å². The van der Waals surface area contributed by atoms with Gasteiger partial charge in [-0.15, -0.1) is 10.2 Å². The van der Waals surface area contributed by atoms with Gasteiger partial charge in [-0.05, 0) is 50.8 Å². The van der Waals surface area contributed by atoms with Gasteiger partial charge in [0.25, 0.3) is 0 Å². The van der Waals surface area contributed by atoms with Crippen LogP contribution in [0.25, 0.3) is 5.82 Å². The summed E-state index contributed by atoms with van der Waals surface area (Å²) in [5.74, 6) is 2.41. The van der Waals surface area contributed by atoms with E-state index in [0.717, 1.165) is 29.6 Å². The lowest BCUT2D eigenvalue weighted by atomic mass is 10.0. The molecule has 1 saturated heterocycles. The molecular formula is C16H23N5. The first-order valence-corrected chi connectivity index (χ1v) is 7.70. The second kappa shape index (κ2) is 5.47. The lowest BCUT2D eigenvalue weighted by molar-refractivity contribution is 0.488. The molecule has 1 aliphatic rings. The van der Waals surface area contributed by atoms with Gasteiger partial charge in [0.2, 0.25) is 0 Å². The lowest BCUT2D eigenvalue weighted by Crippen LogP contribution is -2.34. The number of rotatable bonds is 3. The highest BCUT2D eigenvalue weighted by Gasteiger charge is 2.28. The summed E-state index contributed by atoms with van der Waals surface area (Å²) < 4.78 is 1.84. The summed E-state index contributed by atoms with van der Waals surface area (Å²) in [6.07, 6.45) is 2.49. The van der Waals surface area contributed by atoms with E-state index < -0.39 is 0 Å². The van der Waals surface area contributed by atoms with E-state index in [9.17, 15) is 0 Å². The summed E-state index contributed by atoms with van der Waals surface area (Å²) >= 11 is 0. The van der Waals surface area contributed by atoms with Gasteiger partial charge in [0.15, 0.2) is 11.6 Å². The van der Waals surface area contributed by atoms with Crippen molar-refractivity contribution in [2.24, 2.45) is 5.92 Å². The van der Waals surface area contributed by atoms with Crippen LogP contribution in [0.3, 0.4) is 0 Å². The van der Waals surface area contributed by atoms with Crippen LogP contribution in [0.1, 0.15) is 38.1 Å². The van der Waals surface area contributed by atoms with Gasteiger partial charge in [-0.3, -0.25) is 0 Å². The highest BCUT2D eigenvalue weighted by Crippen LogP contribution is 2.28. The zero-order valence-electron chi connectivity index (χ0n) is 13.2. The molecule has 3 rings (SSSR count). The van der Waals surface area contributed by atoms with Crippen LogP contribution >= 0.6 is 0 Å². The Morgan fingerprint density at radius 3 is 2.43 bits per heavy atom. The van der Waals surface area contributed by atoms with Gasteiger partial charge in [-0.25, -0.2) is 4.68 Å². The number of nitrogens with zero attached hydrogens (tertiary/aromatic N) is 5. The molecule has 0 unspecified atom stereocenters. The first-order chi connectivity index (χ1) is 10.1. The van der Waals surface area contributed by atoms with Crippen LogP contribution in [0, 0.1) is 19.8 Å². The summed E-state index contributed by atoms with van der Waals surface area (Å²) in [5, 5.41) is 13.3. The molecule has 1 fully saturated rings. The van der Waals surface area contributed by atoms with Crippen LogP contribution in [0.5, 0.6) is 0 Å². The predicted octanol–water partition coefficient (Wildman–Crippen LogP) is 2.90. The third-order valence-electron chi connectivity index (χ3n) is 4.23. The van der Waals surface area contributed by atoms with Crippen LogP contribution in [0.4, 0.5) is 5.82 Å². The number of aryl methyl sites for hydroxylation is 2. The molecule has 2 aromatic heterocycles. The first-order valence-electron chi connectivity index (χ1n) is 7.70. The van der Waals surface area contributed by atoms with Gasteiger partial charge in [0, 0.05) is 18.3 Å². The van der Waals surface area contributed by atoms with Crippen molar-refractivity contribution in [3.63, 3.8) is 0 Å². The maximum absolute atomic E-state index is 4.45. The third-order valence-corrected chi connectivity index (χ3v) is 4.23. The fourth-order valence-electron chi connectivity index (χ4n) is 3.22. The first kappa shape index (κ1) is 14.0. The molecule has 0 saturated carbocycles. The minimum atomic E-state index is 0.582. The summed E-state index contributed by atoms with van der Waals surface area (Å²) in [5.41, 5.74) is 2.08. The smallest absolute Gasteiger partial charge is 0.176 e. The van der Waals surface area contributed by atoms with Crippen molar-refractivity contribution in [1.29, 1.82) is 0 Å². The topological polar surface area (TPSA) is 46.8 Å². The van der Waals surface area contributed by atoms with Gasteiger partial charge >= 0.3 is 0 Å². The highest BCUT2D eigenvalue weighted by atomic mass is 15.4. The minimum absolute atomic E-state index is 0.582. The molecule has 1 aliphatic heterocycles. The Hall–Kier alpha value is -1.91. The zero-order chi connectivity index (χ0) is 15.0. The Bertz CT molecular complexity index is 614. The van der Waals surface area contributed by atoms with Crippen molar-refractivity contribution in [2.75, 3.05) is 11.4 Å². The van der Waals surface area contributed by atoms with Crippen molar-refractivity contribution in [2.45, 2.75) is 46.6 Å². The summed E-state index contributed by atoms with van der Waals surface area (Å²) in [6.45, 7) is 9.66. The maximum atomic E-state index is 4.45. The fourth-order valence-corrected chi connectivity index (χ4v) is 3.22. The monoisotopic (exact) mass is 285 g/mol. The van der Waals surface area contributed by atoms with E-state index in [1.165, 1.54) is 12.8 Å². The Balaban J connectivity index is 1.86. The van der Waals surface area contributed by atoms with Crippen LogP contribution < -0.4 is 4.90 Å². The van der Waals surface area contributed by atoms with E-state index >= 15 is 0 Å². The Kier molecular flexibility index (Phi) is 3.66. The molecule has 0 spiro atoms. The zero-order valence-corrected chi connectivity index (χ0v) is 13.2. The highest BCUT2D eigenvalue weighted by molar-refractivity contribution is 5.42. The molecule has 0 aliphatic carbocycles. The summed E-state index contributed by atoms with van der Waals surface area (Å²) in [4.78, 5) is 2.39. The van der Waals surface area contributed by atoms with Gasteiger partial charge in [-0.2, -0.15) is 5.10 Å². The molecule has 3 heterocycles. The Morgan fingerprint density at radius 1 is 1.14 bits per heavy atom. The van der Waals surface area contributed by atoms with Crippen molar-refractivity contribution >= 4 is 5.82 Å². The van der Waals surface area contributed by atoms with Gasteiger partial charge < -0.3 is 4.90 Å². The predicted molar refractivity (Wildman–Crippen MR) is 83.8 cm³/mol. The molecule has 21 heavy (non-hydrogen) atoms. The van der Waals surface area contributed by atoms with Gasteiger partial charge in [0.05, 0.1) is 5.69 Å². The lowest BCUT2D eigenvalue weighted by Gasteiger charge is -2.28. The van der Waals surface area contributed by atoms with Crippen molar-refractivity contribution in [1.82, 2.24) is 20.0 Å². The second-order valence-corrected chi connectivity index (χ2v) is 6.24. The van der Waals surface area contributed by atoms with Gasteiger partial charge in [0.1, 0.15) is 0 Å². The van der Waals surface area contributed by atoms with Crippen molar-refractivity contribution < 1.29 is 0 Å². The van der Waals surface area contributed by atoms with Crippen LogP contribution in [0.15, 0.2) is 18.2 Å². The molecule has 0 radical (unpaired) electrons.